The standard InChI is InChI=1S/C2H5O2.3Ag/c1-2(3)4;;;/h2-4H,1H2;;;/q-1;;;+1. The average molecular weight is 385 g/mol. The van der Waals surface area contributed by atoms with Gasteiger partial charge in [0.2, 0.25) is 0 Å². The van der Waals surface area contributed by atoms with Crippen LogP contribution in [0.4, 0.5) is 0 Å². The molecule has 0 rings (SSSR count). The third-order valence-electron chi connectivity index (χ3n) is 0. The Morgan fingerprint density at radius 3 is 1.14 bits per heavy atom. The second-order valence-corrected chi connectivity index (χ2v) is 0.481. The van der Waals surface area contributed by atoms with Crippen molar-refractivity contribution < 1.29 is 77.4 Å². The molecule has 2 radical (unpaired) electrons. The third-order valence-corrected chi connectivity index (χ3v) is 0. The zero-order valence-corrected chi connectivity index (χ0v) is 7.53. The van der Waals surface area contributed by atoms with E-state index in [0.29, 0.717) is 0 Å². The van der Waals surface area contributed by atoms with Crippen LogP contribution in [-0.4, -0.2) is 16.5 Å². The molecule has 0 spiro atoms. The predicted molar refractivity (Wildman–Crippen MR) is 13.6 cm³/mol. The maximum atomic E-state index is 7.50. The molecule has 0 aromatic carbocycles. The summed E-state index contributed by atoms with van der Waals surface area (Å²) in [7, 11) is 0. The van der Waals surface area contributed by atoms with Crippen molar-refractivity contribution in [2.45, 2.75) is 6.29 Å². The molecule has 58 valence electrons. The molecule has 0 fully saturated rings. The Morgan fingerprint density at radius 2 is 1.14 bits per heavy atom. The fraction of sp³-hybridized carbons (Fsp3) is 0.500. The minimum atomic E-state index is -1.42. The number of aliphatic hydroxyl groups excluding tert-OH is 1. The topological polar surface area (TPSA) is 40.5 Å². The largest absolute Gasteiger partial charge is 1.00 e. The van der Waals surface area contributed by atoms with E-state index in [1.165, 1.54) is 0 Å². The molecule has 2 N–H and O–H groups in total. The summed E-state index contributed by atoms with van der Waals surface area (Å²) < 4.78 is 0. The average Bonchev–Trinajstić information content (AvgIpc) is 0.811. The first kappa shape index (κ1) is 22.9. The van der Waals surface area contributed by atoms with Crippen molar-refractivity contribution in [3.8, 4) is 0 Å². The molecule has 0 heterocycles. The van der Waals surface area contributed by atoms with Gasteiger partial charge in [-0.15, -0.1) is 0 Å². The summed E-state index contributed by atoms with van der Waals surface area (Å²) in [6.45, 7) is 2.75. The summed E-state index contributed by atoms with van der Waals surface area (Å²) in [4.78, 5) is 0. The van der Waals surface area contributed by atoms with Crippen molar-refractivity contribution in [1.29, 1.82) is 0 Å². The van der Waals surface area contributed by atoms with Crippen LogP contribution in [0.2, 0.25) is 0 Å². The summed E-state index contributed by atoms with van der Waals surface area (Å²) >= 11 is 0. The van der Waals surface area contributed by atoms with Gasteiger partial charge < -0.3 is 10.2 Å². The van der Waals surface area contributed by atoms with Gasteiger partial charge in [0.25, 0.3) is 0 Å². The van der Waals surface area contributed by atoms with Crippen LogP contribution >= 0.6 is 0 Å². The monoisotopic (exact) mass is 382 g/mol. The zero-order valence-electron chi connectivity index (χ0n) is 3.08. The van der Waals surface area contributed by atoms with Gasteiger partial charge in [-0.3, -0.25) is 6.92 Å². The Morgan fingerprint density at radius 1 is 1.14 bits per heavy atom. The molecule has 0 amide bonds. The molecule has 0 bridgehead atoms. The maximum absolute atomic E-state index is 7.50. The Balaban J connectivity index is -0.0000000150. The molecule has 0 aromatic rings. The van der Waals surface area contributed by atoms with Gasteiger partial charge in [-0.2, -0.15) is 0 Å². The van der Waals surface area contributed by atoms with Crippen LogP contribution in [0.25, 0.3) is 0 Å². The third kappa shape index (κ3) is 67.0. The molecular weight excluding hydrogens is 380 g/mol. The minimum Gasteiger partial charge on any atom is -0.399 e. The first-order chi connectivity index (χ1) is 1.73. The molecule has 0 saturated carbocycles. The van der Waals surface area contributed by atoms with E-state index in [1.54, 1.807) is 0 Å². The van der Waals surface area contributed by atoms with Gasteiger partial charge in [0.05, 0.1) is 0 Å². The summed E-state index contributed by atoms with van der Waals surface area (Å²) in [5.74, 6) is 0. The Kier molecular flexibility index (Phi) is 51.4. The fourth-order valence-electron chi connectivity index (χ4n) is 0. The van der Waals surface area contributed by atoms with E-state index in [9.17, 15) is 0 Å². The molecule has 5 heteroatoms. The van der Waals surface area contributed by atoms with E-state index in [1.807, 2.05) is 0 Å². The molecular formula is C2H5Ag3O2. The first-order valence-corrected chi connectivity index (χ1v) is 0.925. The Hall–Kier alpha value is 2.14. The summed E-state index contributed by atoms with van der Waals surface area (Å²) in [6.07, 6.45) is -1.42. The number of rotatable bonds is 0. The van der Waals surface area contributed by atoms with Crippen LogP contribution < -0.4 is 0 Å². The smallest absolute Gasteiger partial charge is 0.399 e. The van der Waals surface area contributed by atoms with E-state index >= 15 is 0 Å². The van der Waals surface area contributed by atoms with Crippen LogP contribution in [-0.2, 0) is 67.1 Å². The van der Waals surface area contributed by atoms with Crippen LogP contribution in [0.1, 0.15) is 0 Å². The second-order valence-electron chi connectivity index (χ2n) is 0.481. The quantitative estimate of drug-likeness (QED) is 0.324. The van der Waals surface area contributed by atoms with Crippen LogP contribution in [0, 0.1) is 6.92 Å². The number of aliphatic hydroxyl groups is 2. The van der Waals surface area contributed by atoms with Gasteiger partial charge in [-0.25, -0.2) is 0 Å². The number of hydrogen-bond donors (Lipinski definition) is 2. The van der Waals surface area contributed by atoms with Crippen molar-refractivity contribution in [3.05, 3.63) is 6.92 Å². The van der Waals surface area contributed by atoms with Crippen molar-refractivity contribution in [3.63, 3.8) is 0 Å². The maximum Gasteiger partial charge on any atom is 1.00 e. The summed E-state index contributed by atoms with van der Waals surface area (Å²) in [5.41, 5.74) is 0. The minimum absolute atomic E-state index is 0. The molecule has 0 aliphatic carbocycles. The second kappa shape index (κ2) is 15.7. The van der Waals surface area contributed by atoms with Gasteiger partial charge in [-0.05, 0) is 0 Å². The summed E-state index contributed by atoms with van der Waals surface area (Å²) in [5, 5.41) is 15.0. The molecule has 0 atom stereocenters. The van der Waals surface area contributed by atoms with Gasteiger partial charge in [0.15, 0.2) is 0 Å². The normalized spacial score (nSPS) is 5.14. The van der Waals surface area contributed by atoms with Crippen LogP contribution in [0.3, 0.4) is 0 Å². The molecule has 0 aromatic heterocycles. The van der Waals surface area contributed by atoms with E-state index in [-0.39, 0.29) is 67.1 Å². The van der Waals surface area contributed by atoms with Gasteiger partial charge in [0.1, 0.15) is 0 Å². The predicted octanol–water partition coefficient (Wildman–Crippen LogP) is -0.876. The van der Waals surface area contributed by atoms with Crippen molar-refractivity contribution >= 4 is 0 Å². The molecule has 0 unspecified atom stereocenters. The van der Waals surface area contributed by atoms with E-state index < -0.39 is 6.29 Å². The van der Waals surface area contributed by atoms with Gasteiger partial charge in [-0.1, -0.05) is 0 Å². The van der Waals surface area contributed by atoms with E-state index in [4.69, 9.17) is 10.2 Å². The van der Waals surface area contributed by atoms with Gasteiger partial charge in [0, 0.05) is 51.1 Å². The molecule has 0 aliphatic heterocycles. The van der Waals surface area contributed by atoms with E-state index in [2.05, 4.69) is 6.92 Å². The van der Waals surface area contributed by atoms with Crippen molar-refractivity contribution in [2.24, 2.45) is 0 Å². The Labute approximate surface area is 89.6 Å². The fourth-order valence-corrected chi connectivity index (χ4v) is 0. The molecule has 0 saturated heterocycles. The summed E-state index contributed by atoms with van der Waals surface area (Å²) in [6, 6.07) is 0. The van der Waals surface area contributed by atoms with Crippen LogP contribution in [0.5, 0.6) is 0 Å². The number of hydrogen-bond acceptors (Lipinski definition) is 2. The van der Waals surface area contributed by atoms with Gasteiger partial charge >= 0.3 is 22.4 Å². The van der Waals surface area contributed by atoms with Crippen molar-refractivity contribution in [2.75, 3.05) is 0 Å². The Bertz CT molecular complexity index is 15.7. The zero-order chi connectivity index (χ0) is 3.58. The van der Waals surface area contributed by atoms with Crippen LogP contribution in [0.15, 0.2) is 0 Å². The van der Waals surface area contributed by atoms with Crippen molar-refractivity contribution in [1.82, 2.24) is 0 Å². The molecule has 0 aliphatic rings. The first-order valence-electron chi connectivity index (χ1n) is 0.925. The molecule has 2 nitrogen and oxygen atoms in total. The van der Waals surface area contributed by atoms with E-state index in [0.717, 1.165) is 0 Å². The molecule has 7 heavy (non-hydrogen) atoms. The SMILES string of the molecule is [Ag+].[Ag].[Ag].[CH2-]C(O)O.